The summed E-state index contributed by atoms with van der Waals surface area (Å²) in [6.07, 6.45) is 0.885. The van der Waals surface area contributed by atoms with Gasteiger partial charge in [-0.05, 0) is 77.4 Å². The van der Waals surface area contributed by atoms with Crippen molar-refractivity contribution in [3.05, 3.63) is 186 Å². The molecule has 6 aromatic rings. The van der Waals surface area contributed by atoms with Gasteiger partial charge < -0.3 is 4.90 Å². The molecular formula is C41H32N4. The van der Waals surface area contributed by atoms with Gasteiger partial charge in [-0.15, -0.1) is 0 Å². The Morgan fingerprint density at radius 1 is 0.533 bits per heavy atom. The van der Waals surface area contributed by atoms with Crippen LogP contribution < -0.4 is 4.90 Å². The summed E-state index contributed by atoms with van der Waals surface area (Å²) >= 11 is 0. The lowest BCUT2D eigenvalue weighted by Gasteiger charge is -2.26. The summed E-state index contributed by atoms with van der Waals surface area (Å²) in [5.41, 5.74) is 11.7. The summed E-state index contributed by atoms with van der Waals surface area (Å²) in [4.78, 5) is 16.4. The highest BCUT2D eigenvalue weighted by Gasteiger charge is 2.21. The number of hydrogen-bond donors (Lipinski definition) is 0. The molecule has 0 heterocycles. The molecule has 0 radical (unpaired) electrons. The molecule has 0 saturated carbocycles. The predicted molar refractivity (Wildman–Crippen MR) is 189 cm³/mol. The maximum Gasteiger partial charge on any atom is 0.161 e. The van der Waals surface area contributed by atoms with Gasteiger partial charge >= 0.3 is 0 Å². The first-order chi connectivity index (χ1) is 22.3. The summed E-state index contributed by atoms with van der Waals surface area (Å²) in [6.45, 7) is 4.29. The lowest BCUT2D eigenvalue weighted by Crippen LogP contribution is -2.09. The van der Waals surface area contributed by atoms with Crippen LogP contribution in [0.4, 0.5) is 17.1 Å². The van der Waals surface area contributed by atoms with Crippen LogP contribution in [0, 0.1) is 0 Å². The Labute approximate surface area is 264 Å². The zero-order chi connectivity index (χ0) is 30.4. The highest BCUT2D eigenvalue weighted by Crippen LogP contribution is 2.42. The van der Waals surface area contributed by atoms with Gasteiger partial charge in [0.25, 0.3) is 0 Å². The smallest absolute Gasteiger partial charge is 0.161 e. The minimum absolute atomic E-state index is 0.512. The fraction of sp³-hybridized carbons (Fsp3) is 0.0488. The Kier molecular flexibility index (Phi) is 7.93. The molecule has 0 amide bonds. The van der Waals surface area contributed by atoms with E-state index < -0.39 is 0 Å². The van der Waals surface area contributed by atoms with E-state index in [-0.39, 0.29) is 0 Å². The van der Waals surface area contributed by atoms with E-state index in [0.29, 0.717) is 18.2 Å². The fourth-order valence-electron chi connectivity index (χ4n) is 5.91. The van der Waals surface area contributed by atoms with Crippen molar-refractivity contribution in [3.63, 3.8) is 0 Å². The molecule has 7 rings (SSSR count). The van der Waals surface area contributed by atoms with E-state index in [0.717, 1.165) is 40.2 Å². The number of amidine groups is 2. The van der Waals surface area contributed by atoms with Crippen LogP contribution in [0.25, 0.3) is 11.1 Å². The topological polar surface area (TPSA) is 40.3 Å². The monoisotopic (exact) mass is 580 g/mol. The number of nitrogens with zero attached hydrogens (tertiary/aromatic N) is 4. The molecule has 0 N–H and O–H groups in total. The van der Waals surface area contributed by atoms with Gasteiger partial charge in [0.05, 0.1) is 6.54 Å². The van der Waals surface area contributed by atoms with E-state index in [9.17, 15) is 0 Å². The lowest BCUT2D eigenvalue weighted by atomic mass is 10.0. The predicted octanol–water partition coefficient (Wildman–Crippen LogP) is 9.82. The van der Waals surface area contributed by atoms with E-state index in [1.165, 1.54) is 22.3 Å². The van der Waals surface area contributed by atoms with Gasteiger partial charge in [0.1, 0.15) is 0 Å². The second-order valence-electron chi connectivity index (χ2n) is 11.0. The number of anilines is 3. The third-order valence-electron chi connectivity index (χ3n) is 8.05. The third kappa shape index (κ3) is 5.99. The Balaban J connectivity index is 1.18. The van der Waals surface area contributed by atoms with Crippen molar-refractivity contribution in [2.24, 2.45) is 15.0 Å². The molecule has 0 aromatic heterocycles. The van der Waals surface area contributed by atoms with Crippen molar-refractivity contribution in [1.82, 2.24) is 0 Å². The second-order valence-corrected chi connectivity index (χ2v) is 11.0. The van der Waals surface area contributed by atoms with Crippen LogP contribution in [0.5, 0.6) is 0 Å². The number of aliphatic imine (C=N–C) groups is 3. The highest BCUT2D eigenvalue weighted by atomic mass is 15.1. The molecule has 4 heteroatoms. The van der Waals surface area contributed by atoms with Crippen molar-refractivity contribution in [1.29, 1.82) is 0 Å². The second kappa shape index (κ2) is 12.8. The molecule has 0 atom stereocenters. The average molecular weight is 581 g/mol. The molecule has 0 aliphatic heterocycles. The number of benzene rings is 6. The number of para-hydroxylation sites is 2. The normalized spacial score (nSPS) is 12.4. The zero-order valence-electron chi connectivity index (χ0n) is 24.9. The minimum Gasteiger partial charge on any atom is -0.310 e. The van der Waals surface area contributed by atoms with Gasteiger partial charge in [0, 0.05) is 28.2 Å². The molecule has 216 valence electrons. The molecule has 6 aromatic carbocycles. The average Bonchev–Trinajstić information content (AvgIpc) is 3.47. The van der Waals surface area contributed by atoms with Gasteiger partial charge in [0.15, 0.2) is 11.7 Å². The first-order valence-corrected chi connectivity index (χ1v) is 15.1. The van der Waals surface area contributed by atoms with E-state index >= 15 is 0 Å². The van der Waals surface area contributed by atoms with Crippen molar-refractivity contribution in [2.75, 3.05) is 4.90 Å². The van der Waals surface area contributed by atoms with Gasteiger partial charge in [-0.3, -0.25) is 4.99 Å². The van der Waals surface area contributed by atoms with E-state index in [1.54, 1.807) is 0 Å². The molecule has 0 fully saturated rings. The molecule has 1 aliphatic rings. The van der Waals surface area contributed by atoms with Crippen LogP contribution in [0.2, 0.25) is 0 Å². The van der Waals surface area contributed by atoms with Gasteiger partial charge in [-0.25, -0.2) is 9.98 Å². The molecule has 1 aliphatic carbocycles. The Hall–Kier alpha value is -5.87. The summed E-state index contributed by atoms with van der Waals surface area (Å²) in [5.74, 6) is 1.19. The van der Waals surface area contributed by atoms with Crippen LogP contribution in [0.1, 0.15) is 27.8 Å². The first-order valence-electron chi connectivity index (χ1n) is 15.1. The van der Waals surface area contributed by atoms with Crippen LogP contribution >= 0.6 is 0 Å². The third-order valence-corrected chi connectivity index (χ3v) is 8.05. The molecule has 0 bridgehead atoms. The largest absolute Gasteiger partial charge is 0.310 e. The number of hydrogen-bond acceptors (Lipinski definition) is 2. The van der Waals surface area contributed by atoms with Gasteiger partial charge in [0.2, 0.25) is 0 Å². The maximum absolute atomic E-state index is 4.99. The quantitative estimate of drug-likeness (QED) is 0.137. The lowest BCUT2D eigenvalue weighted by molar-refractivity contribution is 1.05. The zero-order valence-corrected chi connectivity index (χ0v) is 24.9. The van der Waals surface area contributed by atoms with E-state index in [1.807, 2.05) is 60.7 Å². The van der Waals surface area contributed by atoms with Crippen molar-refractivity contribution >= 4 is 35.5 Å². The summed E-state index contributed by atoms with van der Waals surface area (Å²) < 4.78 is 0. The molecule has 0 spiro atoms. The molecular weight excluding hydrogens is 548 g/mol. The van der Waals surface area contributed by atoms with E-state index in [4.69, 9.17) is 9.98 Å². The molecule has 0 unspecified atom stereocenters. The summed E-state index contributed by atoms with van der Waals surface area (Å²) in [6, 6.07) is 54.6. The minimum atomic E-state index is 0.512. The van der Waals surface area contributed by atoms with Crippen LogP contribution in [-0.2, 0) is 13.0 Å². The fourth-order valence-corrected chi connectivity index (χ4v) is 5.91. The van der Waals surface area contributed by atoms with Crippen LogP contribution in [0.3, 0.4) is 0 Å². The standard InChI is InChI=1S/C41H32N4/c1-42-40(31-14-6-2-7-15-31)44-41(32-16-8-3-9-17-32)43-29-30-22-24-38-33(26-30)27-34-28-37(23-25-39(34)38)45(35-18-10-4-11-19-35)36-20-12-5-13-21-36/h2-26,28H,1,27,29H2. The van der Waals surface area contributed by atoms with Crippen LogP contribution in [-0.4, -0.2) is 18.4 Å². The van der Waals surface area contributed by atoms with E-state index in [2.05, 4.69) is 114 Å². The number of rotatable bonds is 7. The van der Waals surface area contributed by atoms with Gasteiger partial charge in [-0.1, -0.05) is 121 Å². The van der Waals surface area contributed by atoms with Crippen molar-refractivity contribution in [3.8, 4) is 11.1 Å². The first kappa shape index (κ1) is 27.9. The summed E-state index contributed by atoms with van der Waals surface area (Å²) in [7, 11) is 0. The summed E-state index contributed by atoms with van der Waals surface area (Å²) in [5, 5.41) is 0. The Bertz CT molecular complexity index is 1960. The molecule has 45 heavy (non-hydrogen) atoms. The number of fused-ring (bicyclic) bond motifs is 3. The van der Waals surface area contributed by atoms with Crippen molar-refractivity contribution in [2.45, 2.75) is 13.0 Å². The Morgan fingerprint density at radius 2 is 1.04 bits per heavy atom. The Morgan fingerprint density at radius 3 is 1.62 bits per heavy atom. The highest BCUT2D eigenvalue weighted by molar-refractivity contribution is 6.12. The van der Waals surface area contributed by atoms with Crippen molar-refractivity contribution < 1.29 is 0 Å². The van der Waals surface area contributed by atoms with Crippen LogP contribution in [0.15, 0.2) is 173 Å². The molecule has 0 saturated heterocycles. The van der Waals surface area contributed by atoms with Gasteiger partial charge in [-0.2, -0.15) is 0 Å². The maximum atomic E-state index is 4.99. The SMILES string of the molecule is C=NC(=NC(=NCc1ccc2c(c1)Cc1cc(N(c3ccccc3)c3ccccc3)ccc1-2)c1ccccc1)c1ccccc1. The molecule has 4 nitrogen and oxygen atoms in total.